The fraction of sp³-hybridized carbons (Fsp3) is 0.391. The Labute approximate surface area is 171 Å². The molecule has 0 unspecified atom stereocenters. The third kappa shape index (κ3) is 5.02. The standard InChI is InChI=1S/C23H27N3O3/c1-17(27)19-3-2-4-21(14-19)24-23(28)16-26-10-8-25(9-11-26)15-18-5-6-22-20(13-18)7-12-29-22/h2-6,13-14H,7-12,15-16H2,1H3,(H,24,28). The Balaban J connectivity index is 1.24. The molecule has 1 fully saturated rings. The molecule has 0 bridgehead atoms. The lowest BCUT2D eigenvalue weighted by molar-refractivity contribution is -0.117. The van der Waals surface area contributed by atoms with Crippen molar-refractivity contribution in [3.63, 3.8) is 0 Å². The van der Waals surface area contributed by atoms with Crippen molar-refractivity contribution in [1.29, 1.82) is 0 Å². The predicted octanol–water partition coefficient (Wildman–Crippen LogP) is 2.58. The summed E-state index contributed by atoms with van der Waals surface area (Å²) in [6.45, 7) is 7.25. The van der Waals surface area contributed by atoms with E-state index < -0.39 is 0 Å². The first kappa shape index (κ1) is 19.6. The first-order chi connectivity index (χ1) is 14.1. The monoisotopic (exact) mass is 393 g/mol. The molecule has 2 aliphatic rings. The fourth-order valence-corrected chi connectivity index (χ4v) is 3.92. The van der Waals surface area contributed by atoms with Crippen molar-refractivity contribution in [1.82, 2.24) is 9.80 Å². The largest absolute Gasteiger partial charge is 0.493 e. The minimum atomic E-state index is -0.0437. The average molecular weight is 393 g/mol. The molecule has 1 N–H and O–H groups in total. The summed E-state index contributed by atoms with van der Waals surface area (Å²) < 4.78 is 5.58. The van der Waals surface area contributed by atoms with Crippen molar-refractivity contribution in [2.75, 3.05) is 44.6 Å². The van der Waals surface area contributed by atoms with Crippen LogP contribution in [0.1, 0.15) is 28.4 Å². The smallest absolute Gasteiger partial charge is 0.238 e. The number of carbonyl (C=O) groups is 2. The first-order valence-corrected chi connectivity index (χ1v) is 10.2. The Morgan fingerprint density at radius 1 is 1.03 bits per heavy atom. The van der Waals surface area contributed by atoms with Gasteiger partial charge in [-0.25, -0.2) is 0 Å². The van der Waals surface area contributed by atoms with Gasteiger partial charge in [-0.1, -0.05) is 24.3 Å². The molecule has 29 heavy (non-hydrogen) atoms. The highest BCUT2D eigenvalue weighted by Crippen LogP contribution is 2.26. The third-order valence-corrected chi connectivity index (χ3v) is 5.55. The Morgan fingerprint density at radius 2 is 1.83 bits per heavy atom. The number of nitrogens with zero attached hydrogens (tertiary/aromatic N) is 2. The molecule has 0 aromatic heterocycles. The van der Waals surface area contributed by atoms with E-state index in [4.69, 9.17) is 4.74 Å². The number of piperazine rings is 1. The maximum Gasteiger partial charge on any atom is 0.238 e. The Kier molecular flexibility index (Phi) is 5.92. The van der Waals surface area contributed by atoms with Crippen LogP contribution in [0, 0.1) is 0 Å². The third-order valence-electron chi connectivity index (χ3n) is 5.55. The molecule has 6 heteroatoms. The van der Waals surface area contributed by atoms with Gasteiger partial charge in [0.2, 0.25) is 5.91 Å². The van der Waals surface area contributed by atoms with Crippen LogP contribution in [0.25, 0.3) is 0 Å². The van der Waals surface area contributed by atoms with Gasteiger partial charge in [-0.3, -0.25) is 19.4 Å². The molecule has 152 valence electrons. The molecule has 2 heterocycles. The van der Waals surface area contributed by atoms with Crippen LogP contribution in [0.15, 0.2) is 42.5 Å². The molecule has 4 rings (SSSR count). The number of amides is 1. The zero-order valence-electron chi connectivity index (χ0n) is 16.8. The van der Waals surface area contributed by atoms with Crippen molar-refractivity contribution in [2.24, 2.45) is 0 Å². The van der Waals surface area contributed by atoms with Gasteiger partial charge in [-0.15, -0.1) is 0 Å². The van der Waals surface area contributed by atoms with Crippen LogP contribution in [-0.2, 0) is 17.8 Å². The van der Waals surface area contributed by atoms with E-state index in [-0.39, 0.29) is 11.7 Å². The number of fused-ring (bicyclic) bond motifs is 1. The van der Waals surface area contributed by atoms with Crippen LogP contribution in [0.4, 0.5) is 5.69 Å². The highest BCUT2D eigenvalue weighted by Gasteiger charge is 2.20. The summed E-state index contributed by atoms with van der Waals surface area (Å²) >= 11 is 0. The maximum absolute atomic E-state index is 12.4. The second kappa shape index (κ2) is 8.76. The molecule has 0 radical (unpaired) electrons. The number of hydrogen-bond donors (Lipinski definition) is 1. The van der Waals surface area contributed by atoms with E-state index in [1.807, 2.05) is 6.07 Å². The number of ether oxygens (including phenoxy) is 1. The zero-order chi connectivity index (χ0) is 20.2. The summed E-state index contributed by atoms with van der Waals surface area (Å²) in [5.41, 5.74) is 3.91. The molecule has 0 spiro atoms. The van der Waals surface area contributed by atoms with E-state index in [1.54, 1.807) is 18.2 Å². The number of ketones is 1. The zero-order valence-corrected chi connectivity index (χ0v) is 16.8. The van der Waals surface area contributed by atoms with E-state index in [0.717, 1.165) is 51.5 Å². The topological polar surface area (TPSA) is 61.9 Å². The number of benzene rings is 2. The van der Waals surface area contributed by atoms with E-state index in [9.17, 15) is 9.59 Å². The minimum absolute atomic E-state index is 0.00637. The van der Waals surface area contributed by atoms with Crippen LogP contribution in [0.2, 0.25) is 0 Å². The van der Waals surface area contributed by atoms with Gasteiger partial charge in [0.15, 0.2) is 5.78 Å². The van der Waals surface area contributed by atoms with E-state index in [0.29, 0.717) is 17.8 Å². The van der Waals surface area contributed by atoms with Gasteiger partial charge < -0.3 is 10.1 Å². The van der Waals surface area contributed by atoms with Crippen molar-refractivity contribution < 1.29 is 14.3 Å². The molecule has 1 amide bonds. The Bertz CT molecular complexity index is 904. The number of nitrogens with one attached hydrogen (secondary N) is 1. The van der Waals surface area contributed by atoms with Gasteiger partial charge in [0, 0.05) is 50.4 Å². The van der Waals surface area contributed by atoms with Gasteiger partial charge in [-0.2, -0.15) is 0 Å². The lowest BCUT2D eigenvalue weighted by Crippen LogP contribution is -2.48. The minimum Gasteiger partial charge on any atom is -0.493 e. The molecule has 6 nitrogen and oxygen atoms in total. The second-order valence-electron chi connectivity index (χ2n) is 7.78. The van der Waals surface area contributed by atoms with Crippen LogP contribution in [-0.4, -0.2) is 60.8 Å². The van der Waals surface area contributed by atoms with E-state index in [2.05, 4.69) is 33.3 Å². The summed E-state index contributed by atoms with van der Waals surface area (Å²) in [4.78, 5) is 28.5. The maximum atomic E-state index is 12.4. The summed E-state index contributed by atoms with van der Waals surface area (Å²) in [5.74, 6) is 0.976. The highest BCUT2D eigenvalue weighted by atomic mass is 16.5. The van der Waals surface area contributed by atoms with Crippen molar-refractivity contribution in [3.05, 3.63) is 59.2 Å². The van der Waals surface area contributed by atoms with Gasteiger partial charge in [0.1, 0.15) is 5.75 Å². The SMILES string of the molecule is CC(=O)c1cccc(NC(=O)CN2CCN(Cc3ccc4c(c3)CCO4)CC2)c1. The van der Waals surface area contributed by atoms with E-state index >= 15 is 0 Å². The van der Waals surface area contributed by atoms with Gasteiger partial charge in [-0.05, 0) is 36.2 Å². The molecule has 0 aliphatic carbocycles. The number of anilines is 1. The van der Waals surface area contributed by atoms with Crippen LogP contribution >= 0.6 is 0 Å². The van der Waals surface area contributed by atoms with Crippen molar-refractivity contribution in [3.8, 4) is 5.75 Å². The number of Topliss-reactive ketones (excluding diaryl/α,β-unsaturated/α-hetero) is 1. The highest BCUT2D eigenvalue weighted by molar-refractivity contribution is 5.97. The summed E-state index contributed by atoms with van der Waals surface area (Å²) in [6, 6.07) is 13.6. The summed E-state index contributed by atoms with van der Waals surface area (Å²) in [6.07, 6.45) is 1.00. The van der Waals surface area contributed by atoms with Crippen molar-refractivity contribution in [2.45, 2.75) is 19.9 Å². The van der Waals surface area contributed by atoms with Crippen LogP contribution < -0.4 is 10.1 Å². The molecule has 0 saturated carbocycles. The van der Waals surface area contributed by atoms with Crippen molar-refractivity contribution >= 4 is 17.4 Å². The number of hydrogen-bond acceptors (Lipinski definition) is 5. The predicted molar refractivity (Wildman–Crippen MR) is 112 cm³/mol. The Morgan fingerprint density at radius 3 is 2.62 bits per heavy atom. The molecular formula is C23H27N3O3. The van der Waals surface area contributed by atoms with Gasteiger partial charge in [0.25, 0.3) is 0 Å². The molecule has 2 aromatic rings. The molecule has 0 atom stereocenters. The number of carbonyl (C=O) groups excluding carboxylic acids is 2. The molecular weight excluding hydrogens is 366 g/mol. The van der Waals surface area contributed by atoms with Gasteiger partial charge in [0.05, 0.1) is 13.2 Å². The quantitative estimate of drug-likeness (QED) is 0.765. The summed E-state index contributed by atoms with van der Waals surface area (Å²) in [5, 5.41) is 2.90. The van der Waals surface area contributed by atoms with Gasteiger partial charge >= 0.3 is 0 Å². The lowest BCUT2D eigenvalue weighted by Gasteiger charge is -2.34. The normalized spacial score (nSPS) is 16.9. The second-order valence-corrected chi connectivity index (χ2v) is 7.78. The molecule has 2 aromatic carbocycles. The average Bonchev–Trinajstić information content (AvgIpc) is 3.17. The molecule has 2 aliphatic heterocycles. The molecule has 1 saturated heterocycles. The van der Waals surface area contributed by atoms with Crippen LogP contribution in [0.3, 0.4) is 0 Å². The lowest BCUT2D eigenvalue weighted by atomic mass is 10.1. The fourth-order valence-electron chi connectivity index (χ4n) is 3.92. The van der Waals surface area contributed by atoms with Crippen LogP contribution in [0.5, 0.6) is 5.75 Å². The summed E-state index contributed by atoms with van der Waals surface area (Å²) in [7, 11) is 0. The Hall–Kier alpha value is -2.70. The first-order valence-electron chi connectivity index (χ1n) is 10.2. The number of rotatable bonds is 6. The van der Waals surface area contributed by atoms with E-state index in [1.165, 1.54) is 18.1 Å².